The molecule has 0 saturated carbocycles. The lowest BCUT2D eigenvalue weighted by atomic mass is 10.1. The van der Waals surface area contributed by atoms with Crippen molar-refractivity contribution in [3.63, 3.8) is 0 Å². The first-order valence-corrected chi connectivity index (χ1v) is 7.51. The summed E-state index contributed by atoms with van der Waals surface area (Å²) in [5.41, 5.74) is 3.49. The Balaban J connectivity index is 2.30. The number of likely N-dealkylation sites (tertiary alicyclic amines) is 1. The third-order valence-corrected chi connectivity index (χ3v) is 3.95. The lowest BCUT2D eigenvalue weighted by molar-refractivity contribution is -0.129. The fourth-order valence-corrected chi connectivity index (χ4v) is 2.61. The van der Waals surface area contributed by atoms with Crippen molar-refractivity contribution in [1.82, 2.24) is 9.47 Å². The third kappa shape index (κ3) is 3.18. The fraction of sp³-hybridized carbons (Fsp3) is 0.529. The van der Waals surface area contributed by atoms with E-state index in [0.717, 1.165) is 37.3 Å². The molecule has 1 fully saturated rings. The van der Waals surface area contributed by atoms with Gasteiger partial charge in [-0.05, 0) is 43.9 Å². The Morgan fingerprint density at radius 1 is 1.43 bits per heavy atom. The number of hydrogen-bond donors (Lipinski definition) is 0. The Bertz CT molecular complexity index is 613. The minimum atomic E-state index is -0.141. The highest BCUT2D eigenvalue weighted by Gasteiger charge is 2.23. The average molecular weight is 285 g/mol. The number of amides is 1. The maximum absolute atomic E-state index is 12.2. The van der Waals surface area contributed by atoms with Gasteiger partial charge in [0.2, 0.25) is 0 Å². The van der Waals surface area contributed by atoms with Gasteiger partial charge in [-0.3, -0.25) is 4.79 Å². The van der Waals surface area contributed by atoms with Gasteiger partial charge in [-0.25, -0.2) is 0 Å². The van der Waals surface area contributed by atoms with Crippen LogP contribution in [0.2, 0.25) is 0 Å². The molecule has 1 aliphatic heterocycles. The Morgan fingerprint density at radius 2 is 2.10 bits per heavy atom. The molecule has 0 bridgehead atoms. The van der Waals surface area contributed by atoms with Crippen LogP contribution >= 0.6 is 0 Å². The topological polar surface area (TPSA) is 49.0 Å². The second-order valence-corrected chi connectivity index (χ2v) is 6.15. The van der Waals surface area contributed by atoms with E-state index < -0.39 is 0 Å². The average Bonchev–Trinajstić information content (AvgIpc) is 2.60. The molecule has 2 rings (SSSR count). The maximum Gasteiger partial charge on any atom is 0.264 e. The van der Waals surface area contributed by atoms with E-state index >= 15 is 0 Å². The molecule has 112 valence electrons. The smallest absolute Gasteiger partial charge is 0.264 e. The molecule has 4 heteroatoms. The van der Waals surface area contributed by atoms with E-state index in [4.69, 9.17) is 0 Å². The monoisotopic (exact) mass is 285 g/mol. The van der Waals surface area contributed by atoms with Gasteiger partial charge in [-0.1, -0.05) is 13.8 Å². The summed E-state index contributed by atoms with van der Waals surface area (Å²) < 4.78 is 2.25. The first-order chi connectivity index (χ1) is 9.93. The van der Waals surface area contributed by atoms with Crippen molar-refractivity contribution < 1.29 is 4.79 Å². The van der Waals surface area contributed by atoms with Crippen molar-refractivity contribution in [2.24, 2.45) is 5.92 Å². The zero-order chi connectivity index (χ0) is 15.6. The van der Waals surface area contributed by atoms with Crippen molar-refractivity contribution in [2.45, 2.75) is 40.7 Å². The summed E-state index contributed by atoms with van der Waals surface area (Å²) in [6, 6.07) is 4.11. The van der Waals surface area contributed by atoms with E-state index in [9.17, 15) is 10.1 Å². The van der Waals surface area contributed by atoms with Crippen LogP contribution < -0.4 is 0 Å². The minimum absolute atomic E-state index is 0.141. The van der Waals surface area contributed by atoms with Crippen molar-refractivity contribution in [3.8, 4) is 6.07 Å². The number of nitriles is 1. The number of aryl methyl sites for hydroxylation is 1. The Labute approximate surface area is 126 Å². The van der Waals surface area contributed by atoms with Gasteiger partial charge in [0.05, 0.1) is 0 Å². The summed E-state index contributed by atoms with van der Waals surface area (Å²) in [4.78, 5) is 13.9. The summed E-state index contributed by atoms with van der Waals surface area (Å²) in [6.45, 7) is 11.0. The Hall–Kier alpha value is -2.02. The molecule has 0 spiro atoms. The van der Waals surface area contributed by atoms with Crippen LogP contribution in [0.1, 0.15) is 37.2 Å². The van der Waals surface area contributed by atoms with Crippen LogP contribution in [0.15, 0.2) is 11.6 Å². The third-order valence-electron chi connectivity index (χ3n) is 3.95. The molecule has 0 N–H and O–H groups in total. The van der Waals surface area contributed by atoms with Crippen LogP contribution in [0.25, 0.3) is 6.08 Å². The molecule has 0 atom stereocenters. The van der Waals surface area contributed by atoms with Crippen LogP contribution in [-0.2, 0) is 11.3 Å². The van der Waals surface area contributed by atoms with E-state index in [1.54, 1.807) is 11.0 Å². The van der Waals surface area contributed by atoms with Crippen molar-refractivity contribution >= 4 is 12.0 Å². The molecule has 1 amide bonds. The lowest BCUT2D eigenvalue weighted by Crippen LogP contribution is -2.42. The van der Waals surface area contributed by atoms with Crippen LogP contribution in [0.4, 0.5) is 0 Å². The molecule has 1 saturated heterocycles. The number of aromatic nitrogens is 1. The molecule has 2 heterocycles. The van der Waals surface area contributed by atoms with Crippen LogP contribution in [-0.4, -0.2) is 28.5 Å². The molecule has 0 aromatic carbocycles. The summed E-state index contributed by atoms with van der Waals surface area (Å²) >= 11 is 0. The van der Waals surface area contributed by atoms with Crippen molar-refractivity contribution in [1.29, 1.82) is 5.26 Å². The van der Waals surface area contributed by atoms with Gasteiger partial charge in [0.15, 0.2) is 0 Å². The van der Waals surface area contributed by atoms with E-state index in [1.807, 2.05) is 6.92 Å². The van der Waals surface area contributed by atoms with Crippen LogP contribution in [0.5, 0.6) is 0 Å². The standard InChI is InChI=1S/C17H23N3O/c1-12(2)11-20-13(3)8-15(14(20)4)9-16(10-18)17(21)19-6-5-7-19/h8-9,12H,5-7,11H2,1-4H3. The van der Waals surface area contributed by atoms with Gasteiger partial charge in [0, 0.05) is 31.0 Å². The summed E-state index contributed by atoms with van der Waals surface area (Å²) in [5, 5.41) is 9.27. The number of carbonyl (C=O) groups excluding carboxylic acids is 1. The molecule has 1 aromatic heterocycles. The maximum atomic E-state index is 12.2. The largest absolute Gasteiger partial charge is 0.348 e. The van der Waals surface area contributed by atoms with E-state index in [1.165, 1.54) is 5.69 Å². The second kappa shape index (κ2) is 6.17. The Morgan fingerprint density at radius 3 is 2.57 bits per heavy atom. The van der Waals surface area contributed by atoms with Crippen molar-refractivity contribution in [3.05, 3.63) is 28.6 Å². The van der Waals surface area contributed by atoms with Crippen LogP contribution in [0, 0.1) is 31.1 Å². The Kier molecular flexibility index (Phi) is 4.52. The highest BCUT2D eigenvalue weighted by Crippen LogP contribution is 2.21. The first kappa shape index (κ1) is 15.4. The SMILES string of the molecule is Cc1cc(C=C(C#N)C(=O)N2CCC2)c(C)n1CC(C)C. The number of carbonyl (C=O) groups is 1. The first-order valence-electron chi connectivity index (χ1n) is 7.51. The van der Waals surface area contributed by atoms with Gasteiger partial charge in [-0.15, -0.1) is 0 Å². The number of rotatable bonds is 4. The summed E-state index contributed by atoms with van der Waals surface area (Å²) in [7, 11) is 0. The van der Waals surface area contributed by atoms with Crippen LogP contribution in [0.3, 0.4) is 0 Å². The molecular weight excluding hydrogens is 262 g/mol. The van der Waals surface area contributed by atoms with Gasteiger partial charge in [0.25, 0.3) is 5.91 Å². The predicted molar refractivity (Wildman–Crippen MR) is 83.5 cm³/mol. The van der Waals surface area contributed by atoms with Gasteiger partial charge in [-0.2, -0.15) is 5.26 Å². The molecule has 0 radical (unpaired) electrons. The summed E-state index contributed by atoms with van der Waals surface area (Å²) in [6.07, 6.45) is 2.77. The zero-order valence-corrected chi connectivity index (χ0v) is 13.3. The highest BCUT2D eigenvalue weighted by atomic mass is 16.2. The van der Waals surface area contributed by atoms with Gasteiger partial charge < -0.3 is 9.47 Å². The van der Waals surface area contributed by atoms with E-state index in [-0.39, 0.29) is 11.5 Å². The quantitative estimate of drug-likeness (QED) is 0.631. The molecule has 21 heavy (non-hydrogen) atoms. The highest BCUT2D eigenvalue weighted by molar-refractivity contribution is 6.02. The van der Waals surface area contributed by atoms with Gasteiger partial charge >= 0.3 is 0 Å². The molecule has 0 aliphatic carbocycles. The molecule has 4 nitrogen and oxygen atoms in total. The number of nitrogens with zero attached hydrogens (tertiary/aromatic N) is 3. The predicted octanol–water partition coefficient (Wildman–Crippen LogP) is 2.90. The zero-order valence-electron chi connectivity index (χ0n) is 13.3. The second-order valence-electron chi connectivity index (χ2n) is 6.15. The molecular formula is C17H23N3O. The minimum Gasteiger partial charge on any atom is -0.348 e. The van der Waals surface area contributed by atoms with E-state index in [2.05, 4.69) is 37.5 Å². The molecule has 0 unspecified atom stereocenters. The molecule has 1 aliphatic rings. The summed E-state index contributed by atoms with van der Waals surface area (Å²) in [5.74, 6) is 0.419. The van der Waals surface area contributed by atoms with E-state index in [0.29, 0.717) is 5.92 Å². The van der Waals surface area contributed by atoms with Gasteiger partial charge in [0.1, 0.15) is 11.6 Å². The lowest BCUT2D eigenvalue weighted by Gasteiger charge is -2.30. The van der Waals surface area contributed by atoms with Crippen molar-refractivity contribution in [2.75, 3.05) is 13.1 Å². The number of hydrogen-bond acceptors (Lipinski definition) is 2. The molecule has 1 aromatic rings. The normalized spacial score (nSPS) is 15.0. The fourth-order valence-electron chi connectivity index (χ4n) is 2.61.